The fourth-order valence-corrected chi connectivity index (χ4v) is 6.77. The number of fused-ring (bicyclic) bond motifs is 2. The average molecular weight is 609 g/mol. The lowest BCUT2D eigenvalue weighted by Crippen LogP contribution is -2.46. The van der Waals surface area contributed by atoms with E-state index < -0.39 is 17.4 Å². The Balaban J connectivity index is 1.24. The summed E-state index contributed by atoms with van der Waals surface area (Å²) >= 11 is 0. The number of amides is 3. The second kappa shape index (κ2) is 13.0. The van der Waals surface area contributed by atoms with Gasteiger partial charge in [0.05, 0.1) is 24.3 Å². The molecule has 3 heterocycles. The van der Waals surface area contributed by atoms with Crippen LogP contribution in [-0.4, -0.2) is 58.6 Å². The Morgan fingerprint density at radius 1 is 1.09 bits per heavy atom. The van der Waals surface area contributed by atoms with Gasteiger partial charge in [0.2, 0.25) is 11.8 Å². The van der Waals surface area contributed by atoms with E-state index in [1.165, 1.54) is 4.90 Å². The molecule has 1 unspecified atom stereocenters. The second-order valence-electron chi connectivity index (χ2n) is 12.3. The minimum atomic E-state index is -1.93. The van der Waals surface area contributed by atoms with Gasteiger partial charge >= 0.3 is 0 Å². The first-order valence-electron chi connectivity index (χ1n) is 15.7. The van der Waals surface area contributed by atoms with Crippen molar-refractivity contribution in [3.63, 3.8) is 0 Å². The van der Waals surface area contributed by atoms with Gasteiger partial charge in [-0.1, -0.05) is 61.5 Å². The fraction of sp³-hybridized carbons (Fsp3) is 0.361. The predicted molar refractivity (Wildman–Crippen MR) is 173 cm³/mol. The van der Waals surface area contributed by atoms with E-state index in [1.54, 1.807) is 42.2 Å². The monoisotopic (exact) mass is 608 g/mol. The summed E-state index contributed by atoms with van der Waals surface area (Å²) < 4.78 is 0. The van der Waals surface area contributed by atoms with Gasteiger partial charge < -0.3 is 25.7 Å². The molecule has 3 aromatic carbocycles. The summed E-state index contributed by atoms with van der Waals surface area (Å²) in [4.78, 5) is 43.6. The van der Waals surface area contributed by atoms with Crippen LogP contribution < -0.4 is 15.5 Å². The highest BCUT2D eigenvalue weighted by Crippen LogP contribution is 2.49. The summed E-state index contributed by atoms with van der Waals surface area (Å²) in [7, 11) is 0. The zero-order valence-corrected chi connectivity index (χ0v) is 25.5. The van der Waals surface area contributed by atoms with Gasteiger partial charge in [-0.25, -0.2) is 0 Å². The molecule has 0 spiro atoms. The van der Waals surface area contributed by atoms with Crippen molar-refractivity contribution in [3.8, 4) is 0 Å². The van der Waals surface area contributed by atoms with Crippen LogP contribution in [0.3, 0.4) is 0 Å². The number of rotatable bonds is 8. The van der Waals surface area contributed by atoms with E-state index in [4.69, 9.17) is 0 Å². The van der Waals surface area contributed by atoms with E-state index in [0.29, 0.717) is 42.1 Å². The van der Waals surface area contributed by atoms with Crippen LogP contribution in [-0.2, 0) is 33.0 Å². The first-order valence-corrected chi connectivity index (χ1v) is 15.7. The maximum atomic E-state index is 14.1. The van der Waals surface area contributed by atoms with Crippen LogP contribution in [0.25, 0.3) is 0 Å². The molecule has 0 aliphatic carbocycles. The van der Waals surface area contributed by atoms with Crippen molar-refractivity contribution in [2.45, 2.75) is 50.8 Å². The van der Waals surface area contributed by atoms with E-state index in [1.807, 2.05) is 54.6 Å². The van der Waals surface area contributed by atoms with Crippen LogP contribution in [0, 0.1) is 11.8 Å². The molecule has 9 heteroatoms. The molecular weight excluding hydrogens is 568 g/mol. The number of hydrogen-bond acceptors (Lipinski definition) is 6. The second-order valence-corrected chi connectivity index (χ2v) is 12.3. The summed E-state index contributed by atoms with van der Waals surface area (Å²) in [5.41, 5.74) is 2.34. The number of nitrogens with zero attached hydrogens (tertiary/aromatic N) is 2. The van der Waals surface area contributed by atoms with Gasteiger partial charge in [-0.3, -0.25) is 19.3 Å². The molecular formula is C36H40N4O5. The summed E-state index contributed by atoms with van der Waals surface area (Å²) in [6.45, 7) is 3.57. The molecule has 3 aromatic rings. The topological polar surface area (TPSA) is 122 Å². The highest BCUT2D eigenvalue weighted by atomic mass is 16.3. The van der Waals surface area contributed by atoms with Gasteiger partial charge in [0.1, 0.15) is 0 Å². The van der Waals surface area contributed by atoms with Crippen molar-refractivity contribution < 1.29 is 24.6 Å². The van der Waals surface area contributed by atoms with Crippen LogP contribution in [0.1, 0.15) is 42.9 Å². The number of aliphatic hydroxyl groups excluding tert-OH is 1. The summed E-state index contributed by atoms with van der Waals surface area (Å²) in [6, 6.07) is 22.0. The van der Waals surface area contributed by atoms with Gasteiger partial charge in [0, 0.05) is 42.4 Å². The quantitative estimate of drug-likeness (QED) is 0.287. The lowest BCUT2D eigenvalue weighted by atomic mass is 9.82. The van der Waals surface area contributed by atoms with Crippen LogP contribution >= 0.6 is 0 Å². The van der Waals surface area contributed by atoms with E-state index in [2.05, 4.69) is 10.6 Å². The van der Waals surface area contributed by atoms with Gasteiger partial charge in [0.15, 0.2) is 5.60 Å². The summed E-state index contributed by atoms with van der Waals surface area (Å²) in [5, 5.41) is 28.5. The van der Waals surface area contributed by atoms with Crippen molar-refractivity contribution in [2.75, 3.05) is 29.9 Å². The molecule has 4 atom stereocenters. The number of carbonyl (C=O) groups excluding carboxylic acids is 3. The number of benzene rings is 3. The largest absolute Gasteiger partial charge is 0.394 e. The molecule has 1 fully saturated rings. The normalized spacial score (nSPS) is 23.5. The lowest BCUT2D eigenvalue weighted by Gasteiger charge is -2.36. The van der Waals surface area contributed by atoms with Crippen LogP contribution in [0.5, 0.6) is 0 Å². The first kappa shape index (κ1) is 30.7. The van der Waals surface area contributed by atoms with Crippen molar-refractivity contribution in [3.05, 3.63) is 102 Å². The zero-order chi connectivity index (χ0) is 31.6. The lowest BCUT2D eigenvalue weighted by molar-refractivity contribution is -0.138. The van der Waals surface area contributed by atoms with Gasteiger partial charge in [0.25, 0.3) is 5.91 Å². The molecule has 0 saturated carbocycles. The number of carbonyl (C=O) groups is 3. The number of piperidine rings is 1. The molecule has 3 aliphatic heterocycles. The zero-order valence-electron chi connectivity index (χ0n) is 25.5. The molecule has 0 radical (unpaired) electrons. The molecule has 3 amide bonds. The van der Waals surface area contributed by atoms with Crippen molar-refractivity contribution >= 4 is 34.8 Å². The molecule has 3 aliphatic rings. The third kappa shape index (κ3) is 5.91. The summed E-state index contributed by atoms with van der Waals surface area (Å²) in [6.07, 6.45) is 5.79. The van der Waals surface area contributed by atoms with Crippen LogP contribution in [0.4, 0.5) is 17.1 Å². The predicted octanol–water partition coefficient (Wildman–Crippen LogP) is 4.02. The number of hydrogen-bond donors (Lipinski definition) is 4. The number of anilines is 3. The number of para-hydroxylation sites is 1. The Labute approximate surface area is 263 Å². The Morgan fingerprint density at radius 3 is 2.58 bits per heavy atom. The van der Waals surface area contributed by atoms with E-state index in [9.17, 15) is 24.6 Å². The highest BCUT2D eigenvalue weighted by molar-refractivity contribution is 6.12. The molecule has 0 bridgehead atoms. The Bertz CT molecular complexity index is 1600. The van der Waals surface area contributed by atoms with E-state index in [-0.39, 0.29) is 36.8 Å². The maximum absolute atomic E-state index is 14.1. The third-order valence-corrected chi connectivity index (χ3v) is 9.39. The van der Waals surface area contributed by atoms with Crippen LogP contribution in [0.2, 0.25) is 0 Å². The number of nitrogens with one attached hydrogen (secondary N) is 2. The Morgan fingerprint density at radius 2 is 1.84 bits per heavy atom. The third-order valence-electron chi connectivity index (χ3n) is 9.39. The van der Waals surface area contributed by atoms with Crippen molar-refractivity contribution in [1.29, 1.82) is 0 Å². The minimum Gasteiger partial charge on any atom is -0.394 e. The fourth-order valence-electron chi connectivity index (χ4n) is 6.77. The Kier molecular flexibility index (Phi) is 8.85. The Hall–Kier alpha value is -4.31. The highest BCUT2D eigenvalue weighted by Gasteiger charge is 2.53. The number of aliphatic hydroxyl groups is 2. The smallest absolute Gasteiger partial charge is 0.268 e. The van der Waals surface area contributed by atoms with Crippen molar-refractivity contribution in [1.82, 2.24) is 10.2 Å². The molecule has 4 N–H and O–H groups in total. The van der Waals surface area contributed by atoms with E-state index in [0.717, 1.165) is 30.5 Å². The SMILES string of the molecule is C[C@@H](/C=C/CC(=O)N1Cc2ccccc2C[C@H]1CO)[C@]1(O)C(=O)N(c2ccccc2)c2ccc(NC(=O)C3CCCNC3)cc21. The molecule has 9 nitrogen and oxygen atoms in total. The molecule has 45 heavy (non-hydrogen) atoms. The molecule has 0 aromatic heterocycles. The van der Waals surface area contributed by atoms with Crippen molar-refractivity contribution in [2.24, 2.45) is 11.8 Å². The van der Waals surface area contributed by atoms with E-state index >= 15 is 0 Å². The first-order chi connectivity index (χ1) is 21.8. The standard InChI is InChI=1S/C36H40N4O5/c1-24(9-7-15-33(42)39-22-27-11-6-5-10-25(27)19-30(39)23-41)36(45)31-20-28(38-34(43)26-12-8-18-37-21-26)16-17-32(31)40(35(36)44)29-13-3-2-4-14-29/h2-7,9-11,13-14,16-17,20,24,26,30,37,41,45H,8,12,15,18-19,21-23H2,1H3,(H,38,43)/b9-7+/t24-,26?,30-,36+/m0/s1. The van der Waals surface area contributed by atoms with Crippen LogP contribution in [0.15, 0.2) is 84.9 Å². The van der Waals surface area contributed by atoms with Gasteiger partial charge in [-0.15, -0.1) is 0 Å². The molecule has 6 rings (SSSR count). The average Bonchev–Trinajstić information content (AvgIpc) is 3.30. The van der Waals surface area contributed by atoms with Gasteiger partial charge in [-0.2, -0.15) is 0 Å². The molecule has 1 saturated heterocycles. The maximum Gasteiger partial charge on any atom is 0.268 e. The summed E-state index contributed by atoms with van der Waals surface area (Å²) in [5.74, 6) is -1.57. The van der Waals surface area contributed by atoms with Gasteiger partial charge in [-0.05, 0) is 67.3 Å². The minimum absolute atomic E-state index is 0.0635. The molecule has 234 valence electrons.